The van der Waals surface area contributed by atoms with E-state index in [0.29, 0.717) is 23.1 Å². The number of amides is 1. The minimum atomic E-state index is -0.189. The standard InChI is InChI=1S/C24H32N4O3/c1-30-21-9-8-19(16-22(21)31-2)24(29)26-23-10-13-25-28(23)20-11-14-27(15-12-20)17-18-6-4-3-5-7-18/h3-4,8-10,13,16,18,20H,5-7,11-12,14-15,17H2,1-2H3,(H,26,29). The molecule has 1 aromatic heterocycles. The maximum Gasteiger partial charge on any atom is 0.256 e. The fourth-order valence-electron chi connectivity index (χ4n) is 4.60. The molecule has 1 saturated heterocycles. The van der Waals surface area contributed by atoms with E-state index < -0.39 is 0 Å². The fourth-order valence-corrected chi connectivity index (χ4v) is 4.60. The zero-order valence-corrected chi connectivity index (χ0v) is 18.4. The van der Waals surface area contributed by atoms with Crippen molar-refractivity contribution in [3.8, 4) is 11.5 Å². The first-order valence-electron chi connectivity index (χ1n) is 11.1. The second-order valence-electron chi connectivity index (χ2n) is 8.37. The van der Waals surface area contributed by atoms with Gasteiger partial charge in [0.05, 0.1) is 26.5 Å². The predicted octanol–water partition coefficient (Wildman–Crippen LogP) is 4.15. The van der Waals surface area contributed by atoms with Gasteiger partial charge in [0.2, 0.25) is 0 Å². The lowest BCUT2D eigenvalue weighted by Gasteiger charge is -2.35. The highest BCUT2D eigenvalue weighted by Crippen LogP contribution is 2.30. The van der Waals surface area contributed by atoms with E-state index in [2.05, 4.69) is 27.5 Å². The number of hydrogen-bond donors (Lipinski definition) is 1. The lowest BCUT2D eigenvalue weighted by Crippen LogP contribution is -2.38. The molecule has 0 saturated carbocycles. The smallest absolute Gasteiger partial charge is 0.256 e. The number of carbonyl (C=O) groups is 1. The van der Waals surface area contributed by atoms with Crippen molar-refractivity contribution in [1.82, 2.24) is 14.7 Å². The molecule has 1 fully saturated rings. The summed E-state index contributed by atoms with van der Waals surface area (Å²) in [6.45, 7) is 3.35. The number of aromatic nitrogens is 2. The summed E-state index contributed by atoms with van der Waals surface area (Å²) in [5, 5.41) is 7.53. The summed E-state index contributed by atoms with van der Waals surface area (Å²) < 4.78 is 12.5. The molecule has 1 atom stereocenters. The zero-order valence-electron chi connectivity index (χ0n) is 18.4. The van der Waals surface area contributed by atoms with Crippen LogP contribution in [0.2, 0.25) is 0 Å². The summed E-state index contributed by atoms with van der Waals surface area (Å²) in [6.07, 6.45) is 12.2. The van der Waals surface area contributed by atoms with Crippen LogP contribution in [0.5, 0.6) is 11.5 Å². The third-order valence-corrected chi connectivity index (χ3v) is 6.35. The predicted molar refractivity (Wildman–Crippen MR) is 121 cm³/mol. The molecule has 31 heavy (non-hydrogen) atoms. The number of carbonyl (C=O) groups excluding carboxylic acids is 1. The van der Waals surface area contributed by atoms with Crippen LogP contribution in [0.25, 0.3) is 0 Å². The van der Waals surface area contributed by atoms with E-state index in [0.717, 1.165) is 37.7 Å². The number of hydrogen-bond acceptors (Lipinski definition) is 5. The van der Waals surface area contributed by atoms with Crippen LogP contribution in [0.1, 0.15) is 48.5 Å². The van der Waals surface area contributed by atoms with Crippen molar-refractivity contribution in [1.29, 1.82) is 0 Å². The van der Waals surface area contributed by atoms with Crippen molar-refractivity contribution in [2.24, 2.45) is 5.92 Å². The molecule has 0 bridgehead atoms. The monoisotopic (exact) mass is 424 g/mol. The number of nitrogens with zero attached hydrogens (tertiary/aromatic N) is 3. The van der Waals surface area contributed by atoms with Crippen LogP contribution >= 0.6 is 0 Å². The molecule has 1 aliphatic carbocycles. The molecular weight excluding hydrogens is 392 g/mol. The first kappa shape index (κ1) is 21.4. The van der Waals surface area contributed by atoms with Crippen molar-refractivity contribution >= 4 is 11.7 Å². The Labute approximate surface area is 184 Å². The molecule has 2 aliphatic rings. The van der Waals surface area contributed by atoms with Gasteiger partial charge in [0, 0.05) is 31.3 Å². The summed E-state index contributed by atoms with van der Waals surface area (Å²) in [6, 6.07) is 7.32. The molecular formula is C24H32N4O3. The maximum absolute atomic E-state index is 12.8. The minimum Gasteiger partial charge on any atom is -0.493 e. The second-order valence-corrected chi connectivity index (χ2v) is 8.37. The number of likely N-dealkylation sites (tertiary alicyclic amines) is 1. The summed E-state index contributed by atoms with van der Waals surface area (Å²) in [5.41, 5.74) is 0.516. The van der Waals surface area contributed by atoms with Gasteiger partial charge in [0.25, 0.3) is 5.91 Å². The molecule has 1 N–H and O–H groups in total. The summed E-state index contributed by atoms with van der Waals surface area (Å²) in [5.74, 6) is 2.47. The van der Waals surface area contributed by atoms with Crippen LogP contribution < -0.4 is 14.8 Å². The molecule has 1 amide bonds. The van der Waals surface area contributed by atoms with Gasteiger partial charge >= 0.3 is 0 Å². The van der Waals surface area contributed by atoms with Gasteiger partial charge in [0.15, 0.2) is 11.5 Å². The number of nitrogens with one attached hydrogen (secondary N) is 1. The van der Waals surface area contributed by atoms with Gasteiger partial charge < -0.3 is 19.7 Å². The molecule has 7 nitrogen and oxygen atoms in total. The summed E-state index contributed by atoms with van der Waals surface area (Å²) in [4.78, 5) is 15.4. The molecule has 166 valence electrons. The zero-order chi connectivity index (χ0) is 21.6. The van der Waals surface area contributed by atoms with E-state index >= 15 is 0 Å². The minimum absolute atomic E-state index is 0.189. The van der Waals surface area contributed by atoms with Crippen LogP contribution in [-0.4, -0.2) is 54.4 Å². The van der Waals surface area contributed by atoms with Gasteiger partial charge in [-0.25, -0.2) is 4.68 Å². The molecule has 2 heterocycles. The molecule has 1 aromatic carbocycles. The van der Waals surface area contributed by atoms with E-state index in [1.54, 1.807) is 38.6 Å². The van der Waals surface area contributed by atoms with Crippen molar-refractivity contribution in [3.63, 3.8) is 0 Å². The molecule has 1 aliphatic heterocycles. The Morgan fingerprint density at radius 1 is 1.10 bits per heavy atom. The summed E-state index contributed by atoms with van der Waals surface area (Å²) >= 11 is 0. The molecule has 4 rings (SSSR count). The number of ether oxygens (including phenoxy) is 2. The van der Waals surface area contributed by atoms with Crippen LogP contribution in [-0.2, 0) is 0 Å². The number of rotatable bonds is 7. The van der Waals surface area contributed by atoms with Gasteiger partial charge in [-0.15, -0.1) is 0 Å². The van der Waals surface area contributed by atoms with Crippen LogP contribution in [0.15, 0.2) is 42.6 Å². The second kappa shape index (κ2) is 10.0. The third-order valence-electron chi connectivity index (χ3n) is 6.35. The van der Waals surface area contributed by atoms with Crippen molar-refractivity contribution < 1.29 is 14.3 Å². The molecule has 0 radical (unpaired) electrons. The topological polar surface area (TPSA) is 68.6 Å². The van der Waals surface area contributed by atoms with Crippen LogP contribution in [0.3, 0.4) is 0 Å². The number of methoxy groups -OCH3 is 2. The van der Waals surface area contributed by atoms with Crippen LogP contribution in [0, 0.1) is 5.92 Å². The largest absolute Gasteiger partial charge is 0.493 e. The average Bonchev–Trinajstić information content (AvgIpc) is 3.27. The quantitative estimate of drug-likeness (QED) is 0.677. The molecule has 1 unspecified atom stereocenters. The Kier molecular flexibility index (Phi) is 6.92. The van der Waals surface area contributed by atoms with E-state index in [1.165, 1.54) is 25.8 Å². The van der Waals surface area contributed by atoms with Gasteiger partial charge in [0.1, 0.15) is 5.82 Å². The Hall–Kier alpha value is -2.80. The van der Waals surface area contributed by atoms with Gasteiger partial charge in [-0.1, -0.05) is 12.2 Å². The number of allylic oxidation sites excluding steroid dienone is 2. The van der Waals surface area contributed by atoms with Crippen molar-refractivity contribution in [2.45, 2.75) is 38.1 Å². The Bertz CT molecular complexity index is 915. The average molecular weight is 425 g/mol. The SMILES string of the molecule is COc1ccc(C(=O)Nc2ccnn2C2CCN(CC3CC=CCC3)CC2)cc1OC. The fraction of sp³-hybridized carbons (Fsp3) is 0.500. The van der Waals surface area contributed by atoms with Gasteiger partial charge in [-0.2, -0.15) is 5.10 Å². The summed E-state index contributed by atoms with van der Waals surface area (Å²) in [7, 11) is 3.14. The van der Waals surface area contributed by atoms with E-state index in [4.69, 9.17) is 9.47 Å². The van der Waals surface area contributed by atoms with Gasteiger partial charge in [-0.3, -0.25) is 4.79 Å². The number of benzene rings is 1. The molecule has 7 heteroatoms. The Morgan fingerprint density at radius 3 is 2.61 bits per heavy atom. The number of anilines is 1. The highest BCUT2D eigenvalue weighted by atomic mass is 16.5. The lowest BCUT2D eigenvalue weighted by molar-refractivity contribution is 0.102. The van der Waals surface area contributed by atoms with Crippen LogP contribution in [0.4, 0.5) is 5.82 Å². The lowest BCUT2D eigenvalue weighted by atomic mass is 9.93. The Balaban J connectivity index is 1.36. The normalized spacial score (nSPS) is 19.9. The van der Waals surface area contributed by atoms with Gasteiger partial charge in [-0.05, 0) is 56.2 Å². The highest BCUT2D eigenvalue weighted by molar-refractivity contribution is 6.04. The van der Waals surface area contributed by atoms with E-state index in [9.17, 15) is 4.79 Å². The maximum atomic E-state index is 12.8. The molecule has 0 spiro atoms. The molecule has 2 aromatic rings. The first-order valence-corrected chi connectivity index (χ1v) is 11.1. The van der Waals surface area contributed by atoms with E-state index in [-0.39, 0.29) is 5.91 Å². The van der Waals surface area contributed by atoms with Crippen molar-refractivity contribution in [3.05, 3.63) is 48.2 Å². The Morgan fingerprint density at radius 2 is 1.90 bits per heavy atom. The third kappa shape index (κ3) is 5.10. The van der Waals surface area contributed by atoms with E-state index in [1.807, 2.05) is 10.7 Å². The highest BCUT2D eigenvalue weighted by Gasteiger charge is 2.25. The van der Waals surface area contributed by atoms with Crippen molar-refractivity contribution in [2.75, 3.05) is 39.2 Å². The first-order chi connectivity index (χ1) is 15.2. The number of piperidine rings is 1.